The van der Waals surface area contributed by atoms with Gasteiger partial charge in [0.2, 0.25) is 0 Å². The summed E-state index contributed by atoms with van der Waals surface area (Å²) in [5.74, 6) is 3.60. The standard InChI is InChI=1S/C21H34N2O2S/c1-20-7-5-13(26-10-9-22)11-17(20)18(23-25)12-14-15-3-4-19(24)21(15,2)8-6-16(14)20/h13-18H,3-12,22H2,1-2H3/t13-,14-,15-,16-,17?,18?,20+,21-/m0/s1. The molecule has 4 aliphatic rings. The fourth-order valence-electron chi connectivity index (χ4n) is 7.54. The molecule has 8 atom stereocenters. The summed E-state index contributed by atoms with van der Waals surface area (Å²) in [6.07, 6.45) is 8.53. The molecule has 0 aromatic rings. The van der Waals surface area contributed by atoms with Crippen LogP contribution < -0.4 is 5.73 Å². The van der Waals surface area contributed by atoms with E-state index in [0.717, 1.165) is 44.4 Å². The van der Waals surface area contributed by atoms with Gasteiger partial charge in [0, 0.05) is 29.4 Å². The number of hydrogen-bond donors (Lipinski definition) is 1. The van der Waals surface area contributed by atoms with Gasteiger partial charge >= 0.3 is 0 Å². The lowest BCUT2D eigenvalue weighted by Crippen LogP contribution is -2.57. The molecule has 0 saturated heterocycles. The van der Waals surface area contributed by atoms with Crippen LogP contribution in [-0.2, 0) is 4.79 Å². The number of rotatable bonds is 4. The second-order valence-corrected chi connectivity index (χ2v) is 11.3. The monoisotopic (exact) mass is 378 g/mol. The predicted molar refractivity (Wildman–Crippen MR) is 107 cm³/mol. The molecule has 0 aromatic carbocycles. The second kappa shape index (κ2) is 6.88. The fraction of sp³-hybridized carbons (Fsp3) is 0.952. The van der Waals surface area contributed by atoms with E-state index in [1.165, 1.54) is 19.3 Å². The predicted octanol–water partition coefficient (Wildman–Crippen LogP) is 4.40. The van der Waals surface area contributed by atoms with E-state index in [-0.39, 0.29) is 16.9 Å². The van der Waals surface area contributed by atoms with Crippen LogP contribution in [0, 0.1) is 39.4 Å². The number of thioether (sulfide) groups is 1. The van der Waals surface area contributed by atoms with Gasteiger partial charge in [-0.15, -0.1) is 0 Å². The van der Waals surface area contributed by atoms with E-state index in [1.807, 2.05) is 11.8 Å². The van der Waals surface area contributed by atoms with Crippen LogP contribution in [0.2, 0.25) is 0 Å². The van der Waals surface area contributed by atoms with Crippen LogP contribution in [0.25, 0.3) is 0 Å². The van der Waals surface area contributed by atoms with Gasteiger partial charge < -0.3 is 5.73 Å². The Labute approximate surface area is 161 Å². The first kappa shape index (κ1) is 18.9. The maximum atomic E-state index is 12.6. The molecular weight excluding hydrogens is 344 g/mol. The normalized spacial score (nSPS) is 50.7. The van der Waals surface area contributed by atoms with E-state index in [1.54, 1.807) is 0 Å². The first-order chi connectivity index (χ1) is 12.4. The molecule has 0 heterocycles. The number of hydrogen-bond acceptors (Lipinski definition) is 5. The highest BCUT2D eigenvalue weighted by Gasteiger charge is 2.62. The lowest BCUT2D eigenvalue weighted by Gasteiger charge is -2.61. The van der Waals surface area contributed by atoms with Crippen molar-refractivity contribution in [3.05, 3.63) is 4.91 Å². The third kappa shape index (κ3) is 2.71. The van der Waals surface area contributed by atoms with Gasteiger partial charge in [-0.25, -0.2) is 0 Å². The fourth-order valence-corrected chi connectivity index (χ4v) is 8.63. The van der Waals surface area contributed by atoms with Gasteiger partial charge in [-0.05, 0) is 74.0 Å². The van der Waals surface area contributed by atoms with Gasteiger partial charge in [0.1, 0.15) is 5.78 Å². The Morgan fingerprint density at radius 1 is 1.12 bits per heavy atom. The molecule has 26 heavy (non-hydrogen) atoms. The van der Waals surface area contributed by atoms with Crippen molar-refractivity contribution >= 4 is 17.5 Å². The van der Waals surface area contributed by atoms with Crippen LogP contribution >= 0.6 is 11.8 Å². The van der Waals surface area contributed by atoms with Crippen molar-refractivity contribution in [1.82, 2.24) is 0 Å². The molecule has 4 rings (SSSR count). The molecule has 2 unspecified atom stereocenters. The Bertz CT molecular complexity index is 584. The van der Waals surface area contributed by atoms with E-state index >= 15 is 0 Å². The van der Waals surface area contributed by atoms with Crippen LogP contribution in [0.4, 0.5) is 0 Å². The number of nitrogens with zero attached hydrogens (tertiary/aromatic N) is 1. The molecule has 0 amide bonds. The smallest absolute Gasteiger partial charge is 0.139 e. The minimum Gasteiger partial charge on any atom is -0.330 e. The van der Waals surface area contributed by atoms with Gasteiger partial charge in [-0.3, -0.25) is 4.79 Å². The average Bonchev–Trinajstić information content (AvgIpc) is 2.94. The molecule has 0 bridgehead atoms. The van der Waals surface area contributed by atoms with Crippen molar-refractivity contribution < 1.29 is 4.79 Å². The summed E-state index contributed by atoms with van der Waals surface area (Å²) in [5, 5.41) is 4.31. The number of fused-ring (bicyclic) bond motifs is 5. The minimum atomic E-state index is -0.119. The van der Waals surface area contributed by atoms with E-state index in [0.29, 0.717) is 34.7 Å². The quantitative estimate of drug-likeness (QED) is 0.736. The molecule has 0 aliphatic heterocycles. The molecule has 2 N–H and O–H groups in total. The Morgan fingerprint density at radius 2 is 1.92 bits per heavy atom. The van der Waals surface area contributed by atoms with Gasteiger partial charge in [-0.2, -0.15) is 16.7 Å². The van der Waals surface area contributed by atoms with E-state index in [4.69, 9.17) is 5.73 Å². The summed E-state index contributed by atoms with van der Waals surface area (Å²) in [7, 11) is 0. The number of carbonyl (C=O) groups excluding carboxylic acids is 1. The van der Waals surface area contributed by atoms with Crippen LogP contribution in [0.15, 0.2) is 5.18 Å². The second-order valence-electron chi connectivity index (χ2n) is 9.87. The molecule has 0 radical (unpaired) electrons. The Hall–Kier alpha value is -0.420. The zero-order valence-corrected chi connectivity index (χ0v) is 17.1. The molecule has 5 heteroatoms. The third-order valence-corrected chi connectivity index (χ3v) is 10.3. The Kier molecular flexibility index (Phi) is 5.00. The molecule has 4 fully saturated rings. The summed E-state index contributed by atoms with van der Waals surface area (Å²) in [5.41, 5.74) is 5.81. The number of nitroso groups, excluding NO2 is 1. The molecule has 0 spiro atoms. The highest BCUT2D eigenvalue weighted by Crippen LogP contribution is 2.66. The summed E-state index contributed by atoms with van der Waals surface area (Å²) in [6, 6.07) is -0.0550. The van der Waals surface area contributed by atoms with Gasteiger partial charge in [0.05, 0.1) is 6.04 Å². The van der Waals surface area contributed by atoms with Crippen LogP contribution in [0.3, 0.4) is 0 Å². The number of nitrogens with two attached hydrogens (primary N) is 1. The molecular formula is C21H34N2O2S. The van der Waals surface area contributed by atoms with Crippen molar-refractivity contribution in [2.75, 3.05) is 12.3 Å². The first-order valence-electron chi connectivity index (χ1n) is 10.6. The molecule has 4 nitrogen and oxygen atoms in total. The van der Waals surface area contributed by atoms with Crippen molar-refractivity contribution in [3.63, 3.8) is 0 Å². The zero-order valence-electron chi connectivity index (χ0n) is 16.3. The van der Waals surface area contributed by atoms with Crippen LogP contribution in [0.1, 0.15) is 65.2 Å². The molecule has 4 aliphatic carbocycles. The van der Waals surface area contributed by atoms with E-state index < -0.39 is 0 Å². The molecule has 4 saturated carbocycles. The largest absolute Gasteiger partial charge is 0.330 e. The summed E-state index contributed by atoms with van der Waals surface area (Å²) >= 11 is 2.00. The lowest BCUT2D eigenvalue weighted by molar-refractivity contribution is -0.140. The first-order valence-corrected chi connectivity index (χ1v) is 11.7. The highest BCUT2D eigenvalue weighted by atomic mass is 32.2. The van der Waals surface area contributed by atoms with Crippen molar-refractivity contribution in [2.24, 2.45) is 45.4 Å². The Morgan fingerprint density at radius 3 is 2.65 bits per heavy atom. The van der Waals surface area contributed by atoms with Crippen molar-refractivity contribution in [1.29, 1.82) is 0 Å². The van der Waals surface area contributed by atoms with Gasteiger partial charge in [0.25, 0.3) is 0 Å². The van der Waals surface area contributed by atoms with Gasteiger partial charge in [0.15, 0.2) is 0 Å². The van der Waals surface area contributed by atoms with E-state index in [2.05, 4.69) is 19.0 Å². The summed E-state index contributed by atoms with van der Waals surface area (Å²) in [4.78, 5) is 24.4. The number of carbonyl (C=O) groups is 1. The number of Topliss-reactive ketones (excluding diaryl/α,β-unsaturated/α-hetero) is 1. The van der Waals surface area contributed by atoms with Crippen LogP contribution in [-0.4, -0.2) is 29.4 Å². The zero-order chi connectivity index (χ0) is 18.5. The maximum absolute atomic E-state index is 12.6. The lowest BCUT2D eigenvalue weighted by atomic mass is 9.44. The topological polar surface area (TPSA) is 72.5 Å². The average molecular weight is 379 g/mol. The van der Waals surface area contributed by atoms with E-state index in [9.17, 15) is 9.70 Å². The number of ketones is 1. The van der Waals surface area contributed by atoms with Crippen LogP contribution in [0.5, 0.6) is 0 Å². The molecule has 146 valence electrons. The molecule has 0 aromatic heterocycles. The summed E-state index contributed by atoms with van der Waals surface area (Å²) < 4.78 is 0. The van der Waals surface area contributed by atoms with Crippen molar-refractivity contribution in [3.8, 4) is 0 Å². The third-order valence-electron chi connectivity index (χ3n) is 8.95. The highest BCUT2D eigenvalue weighted by molar-refractivity contribution is 7.99. The SMILES string of the molecule is C[C@]12CC[C@H](SCCN)CC1C(N=O)C[C@@H]1[C@@H]2CC[C@]2(C)C(=O)CC[C@@H]12. The maximum Gasteiger partial charge on any atom is 0.139 e. The van der Waals surface area contributed by atoms with Crippen molar-refractivity contribution in [2.45, 2.75) is 76.5 Å². The Balaban J connectivity index is 1.60. The minimum absolute atomic E-state index is 0.0550. The summed E-state index contributed by atoms with van der Waals surface area (Å²) in [6.45, 7) is 5.40. The van der Waals surface area contributed by atoms with Gasteiger partial charge in [-0.1, -0.05) is 19.0 Å².